The van der Waals surface area contributed by atoms with Crippen molar-refractivity contribution in [3.8, 4) is 5.75 Å². The Balaban J connectivity index is 1.71. The fourth-order valence-electron chi connectivity index (χ4n) is 3.65. The predicted octanol–water partition coefficient (Wildman–Crippen LogP) is 5.82. The first-order valence-corrected chi connectivity index (χ1v) is 10.8. The topological polar surface area (TPSA) is 56.1 Å². The lowest BCUT2D eigenvalue weighted by Crippen LogP contribution is -2.29. The first-order chi connectivity index (χ1) is 16.2. The molecule has 176 valence electrons. The normalized spacial score (nSPS) is 11.7. The zero-order valence-electron chi connectivity index (χ0n) is 18.8. The van der Waals surface area contributed by atoms with Gasteiger partial charge in [0.05, 0.1) is 16.6 Å². The number of ether oxygens (including phenoxy) is 1. The summed E-state index contributed by atoms with van der Waals surface area (Å²) < 4.78 is 47.3. The van der Waals surface area contributed by atoms with Crippen molar-refractivity contribution in [2.24, 2.45) is 0 Å². The molecule has 0 unspecified atom stereocenters. The number of nitrogens with zero attached hydrogens (tertiary/aromatic N) is 2. The first kappa shape index (κ1) is 23.4. The van der Waals surface area contributed by atoms with Crippen molar-refractivity contribution < 1.29 is 22.7 Å². The highest BCUT2D eigenvalue weighted by molar-refractivity contribution is 5.97. The summed E-state index contributed by atoms with van der Waals surface area (Å²) in [6, 6.07) is 19.5. The van der Waals surface area contributed by atoms with Crippen LogP contribution in [0.5, 0.6) is 5.75 Å². The van der Waals surface area contributed by atoms with Crippen LogP contribution in [0, 0.1) is 0 Å². The van der Waals surface area contributed by atoms with Crippen molar-refractivity contribution >= 4 is 16.9 Å². The van der Waals surface area contributed by atoms with Gasteiger partial charge in [-0.05, 0) is 61.9 Å². The fraction of sp³-hybridized carbons (Fsp3) is 0.231. The Morgan fingerprint density at radius 3 is 2.50 bits per heavy atom. The maximum Gasteiger partial charge on any atom is 0.416 e. The van der Waals surface area contributed by atoms with Crippen molar-refractivity contribution in [1.29, 1.82) is 0 Å². The van der Waals surface area contributed by atoms with Gasteiger partial charge in [0.15, 0.2) is 0 Å². The van der Waals surface area contributed by atoms with Gasteiger partial charge in [0.25, 0.3) is 5.91 Å². The number of imidazole rings is 1. The molecule has 1 heterocycles. The minimum atomic E-state index is -4.43. The highest BCUT2D eigenvalue weighted by Crippen LogP contribution is 2.30. The van der Waals surface area contributed by atoms with Crippen LogP contribution in [0.25, 0.3) is 11.0 Å². The number of benzene rings is 3. The van der Waals surface area contributed by atoms with Crippen molar-refractivity contribution in [2.75, 3.05) is 0 Å². The van der Waals surface area contributed by atoms with Gasteiger partial charge in [0.2, 0.25) is 0 Å². The van der Waals surface area contributed by atoms with Crippen molar-refractivity contribution in [1.82, 2.24) is 14.9 Å². The van der Waals surface area contributed by atoms with Crippen LogP contribution >= 0.6 is 0 Å². The van der Waals surface area contributed by atoms with Crippen LogP contribution in [0.3, 0.4) is 0 Å². The number of carbonyl (C=O) groups is 1. The minimum absolute atomic E-state index is 0.0171. The molecule has 3 aromatic carbocycles. The van der Waals surface area contributed by atoms with Gasteiger partial charge in [-0.25, -0.2) is 4.98 Å². The van der Waals surface area contributed by atoms with Crippen molar-refractivity contribution in [3.05, 3.63) is 95.3 Å². The standard InChI is InChI=1S/C26H24F3N3O2/c1-17(2)30-25(33)19-11-12-23-22(14-19)31-24(16-34-21-9-4-3-5-10-21)32(23)15-18-7-6-8-20(13-18)26(27,28)29/h3-14,17H,15-16H2,1-2H3,(H,30,33). The number of hydrogen-bond acceptors (Lipinski definition) is 3. The Kier molecular flexibility index (Phi) is 6.58. The Hall–Kier alpha value is -3.81. The number of alkyl halides is 3. The van der Waals surface area contributed by atoms with E-state index in [1.54, 1.807) is 24.3 Å². The van der Waals surface area contributed by atoms with E-state index < -0.39 is 11.7 Å². The number of nitrogens with one attached hydrogen (secondary N) is 1. The summed E-state index contributed by atoms with van der Waals surface area (Å²) in [5.74, 6) is 0.973. The summed E-state index contributed by atoms with van der Waals surface area (Å²) >= 11 is 0. The average molecular weight is 467 g/mol. The first-order valence-electron chi connectivity index (χ1n) is 10.8. The van der Waals surface area contributed by atoms with Gasteiger partial charge in [0, 0.05) is 18.2 Å². The highest BCUT2D eigenvalue weighted by atomic mass is 19.4. The van der Waals surface area contributed by atoms with Crippen molar-refractivity contribution in [3.63, 3.8) is 0 Å². The summed E-state index contributed by atoms with van der Waals surface area (Å²) in [7, 11) is 0. The summed E-state index contributed by atoms with van der Waals surface area (Å²) in [4.78, 5) is 17.1. The Morgan fingerprint density at radius 1 is 1.03 bits per heavy atom. The number of halogens is 3. The molecule has 0 saturated carbocycles. The van der Waals surface area contributed by atoms with E-state index in [9.17, 15) is 18.0 Å². The number of amides is 1. The van der Waals surface area contributed by atoms with Crippen molar-refractivity contribution in [2.45, 2.75) is 39.2 Å². The van der Waals surface area contributed by atoms with Crippen LogP contribution in [0.15, 0.2) is 72.8 Å². The van der Waals surface area contributed by atoms with Crippen LogP contribution in [-0.4, -0.2) is 21.5 Å². The van der Waals surface area contributed by atoms with Gasteiger partial charge < -0.3 is 14.6 Å². The Bertz CT molecular complexity index is 1300. The van der Waals surface area contributed by atoms with E-state index in [-0.39, 0.29) is 25.1 Å². The van der Waals surface area contributed by atoms with E-state index in [1.807, 2.05) is 48.7 Å². The second-order valence-electron chi connectivity index (χ2n) is 8.25. The molecule has 0 aliphatic carbocycles. The van der Waals surface area contributed by atoms with Gasteiger partial charge in [0.1, 0.15) is 18.2 Å². The molecule has 0 radical (unpaired) electrons. The molecule has 34 heavy (non-hydrogen) atoms. The molecular formula is C26H24F3N3O2. The molecule has 0 fully saturated rings. The summed E-state index contributed by atoms with van der Waals surface area (Å²) in [5, 5.41) is 2.85. The number of rotatable bonds is 7. The van der Waals surface area contributed by atoms with Gasteiger partial charge in [-0.3, -0.25) is 4.79 Å². The summed E-state index contributed by atoms with van der Waals surface area (Å²) in [6.07, 6.45) is -4.43. The van der Waals surface area contributed by atoms with Crippen LogP contribution in [0.2, 0.25) is 0 Å². The predicted molar refractivity (Wildman–Crippen MR) is 124 cm³/mol. The lowest BCUT2D eigenvalue weighted by Gasteiger charge is -2.13. The molecule has 0 atom stereocenters. The second-order valence-corrected chi connectivity index (χ2v) is 8.25. The smallest absolute Gasteiger partial charge is 0.416 e. The summed E-state index contributed by atoms with van der Waals surface area (Å²) in [6.45, 7) is 4.04. The van der Waals surface area contributed by atoms with E-state index in [4.69, 9.17) is 4.74 Å². The Labute approximate surface area is 195 Å². The molecule has 8 heteroatoms. The fourth-order valence-corrected chi connectivity index (χ4v) is 3.65. The zero-order chi connectivity index (χ0) is 24.3. The molecule has 0 saturated heterocycles. The van der Waals surface area contributed by atoms with E-state index in [0.717, 1.165) is 12.1 Å². The van der Waals surface area contributed by atoms with Gasteiger partial charge >= 0.3 is 6.18 Å². The van der Waals surface area contributed by atoms with Crippen LogP contribution in [0.4, 0.5) is 13.2 Å². The SMILES string of the molecule is CC(C)NC(=O)c1ccc2c(c1)nc(COc1ccccc1)n2Cc1cccc(C(F)(F)F)c1. The van der Waals surface area contributed by atoms with E-state index >= 15 is 0 Å². The molecule has 4 aromatic rings. The summed E-state index contributed by atoms with van der Waals surface area (Å²) in [5.41, 5.74) is 1.50. The molecule has 4 rings (SSSR count). The van der Waals surface area contributed by atoms with E-state index in [1.165, 1.54) is 6.07 Å². The lowest BCUT2D eigenvalue weighted by atomic mass is 10.1. The number of para-hydroxylation sites is 1. The molecule has 5 nitrogen and oxygen atoms in total. The molecule has 1 amide bonds. The average Bonchev–Trinajstić information content (AvgIpc) is 3.14. The number of hydrogen-bond donors (Lipinski definition) is 1. The van der Waals surface area contributed by atoms with Crippen LogP contribution in [-0.2, 0) is 19.3 Å². The molecule has 1 aromatic heterocycles. The number of carbonyl (C=O) groups excluding carboxylic acids is 1. The van der Waals surface area contributed by atoms with Crippen LogP contribution < -0.4 is 10.1 Å². The molecular weight excluding hydrogens is 443 g/mol. The third-order valence-corrected chi connectivity index (χ3v) is 5.22. The molecule has 1 N–H and O–H groups in total. The maximum atomic E-state index is 13.2. The quantitative estimate of drug-likeness (QED) is 0.373. The molecule has 0 aliphatic heterocycles. The second kappa shape index (κ2) is 9.59. The van der Waals surface area contributed by atoms with Gasteiger partial charge in [-0.15, -0.1) is 0 Å². The van der Waals surface area contributed by atoms with E-state index in [0.29, 0.717) is 33.7 Å². The van der Waals surface area contributed by atoms with Gasteiger partial charge in [-0.1, -0.05) is 30.3 Å². The van der Waals surface area contributed by atoms with Gasteiger partial charge in [-0.2, -0.15) is 13.2 Å². The van der Waals surface area contributed by atoms with E-state index in [2.05, 4.69) is 10.3 Å². The number of fused-ring (bicyclic) bond motifs is 1. The number of aromatic nitrogens is 2. The third kappa shape index (κ3) is 5.39. The minimum Gasteiger partial charge on any atom is -0.486 e. The lowest BCUT2D eigenvalue weighted by molar-refractivity contribution is -0.137. The highest BCUT2D eigenvalue weighted by Gasteiger charge is 2.30. The largest absolute Gasteiger partial charge is 0.486 e. The maximum absolute atomic E-state index is 13.2. The molecule has 0 aliphatic rings. The molecule has 0 bridgehead atoms. The third-order valence-electron chi connectivity index (χ3n) is 5.22. The zero-order valence-corrected chi connectivity index (χ0v) is 18.8. The Morgan fingerprint density at radius 2 is 1.79 bits per heavy atom. The van der Waals surface area contributed by atoms with Crippen LogP contribution in [0.1, 0.15) is 41.2 Å². The molecule has 0 spiro atoms. The monoisotopic (exact) mass is 467 g/mol.